The van der Waals surface area contributed by atoms with Gasteiger partial charge >= 0.3 is 0 Å². The second kappa shape index (κ2) is 7.17. The molecule has 1 aliphatic rings. The summed E-state index contributed by atoms with van der Waals surface area (Å²) in [6.07, 6.45) is 8.67. The molecule has 2 N–H and O–H groups in total. The van der Waals surface area contributed by atoms with E-state index in [1.165, 1.54) is 12.8 Å². The molecule has 6 heteroatoms. The maximum absolute atomic E-state index is 12.2. The van der Waals surface area contributed by atoms with Gasteiger partial charge in [-0.1, -0.05) is 0 Å². The molecule has 3 rings (SSSR count). The Kier molecular flexibility index (Phi) is 4.80. The smallest absolute Gasteiger partial charge is 0.269 e. The van der Waals surface area contributed by atoms with E-state index < -0.39 is 0 Å². The zero-order valence-corrected chi connectivity index (χ0v) is 12.5. The lowest BCUT2D eigenvalue weighted by Crippen LogP contribution is -2.33. The zero-order valence-electron chi connectivity index (χ0n) is 12.5. The third kappa shape index (κ3) is 3.71. The fraction of sp³-hybridized carbons (Fsp3) is 0.438. The van der Waals surface area contributed by atoms with Gasteiger partial charge in [0.05, 0.1) is 5.69 Å². The van der Waals surface area contributed by atoms with Crippen LogP contribution in [-0.2, 0) is 0 Å². The highest BCUT2D eigenvalue weighted by Gasteiger charge is 2.14. The van der Waals surface area contributed by atoms with E-state index in [1.807, 2.05) is 18.3 Å². The number of aromatic nitrogens is 3. The van der Waals surface area contributed by atoms with Gasteiger partial charge in [0.2, 0.25) is 0 Å². The van der Waals surface area contributed by atoms with Gasteiger partial charge in [0.1, 0.15) is 5.69 Å². The first-order chi connectivity index (χ1) is 10.8. The van der Waals surface area contributed by atoms with Gasteiger partial charge in [0, 0.05) is 25.1 Å². The van der Waals surface area contributed by atoms with Crippen LogP contribution >= 0.6 is 0 Å². The molecule has 2 aromatic heterocycles. The van der Waals surface area contributed by atoms with Crippen LogP contribution in [0.3, 0.4) is 0 Å². The lowest BCUT2D eigenvalue weighted by molar-refractivity contribution is 0.0945. The van der Waals surface area contributed by atoms with Crippen LogP contribution in [0.25, 0.3) is 5.69 Å². The number of carbonyl (C=O) groups is 1. The Balaban J connectivity index is 1.54. The standard InChI is InChI=1S/C16H21N5O/c22-16(19-8-4-13-3-1-6-17-12-13)15-11-14(5-9-18-15)21-10-2-7-20-21/h2,5,7,9-11,13,17H,1,3-4,6,8,12H2,(H,19,22). The van der Waals surface area contributed by atoms with E-state index in [9.17, 15) is 4.79 Å². The largest absolute Gasteiger partial charge is 0.351 e. The molecule has 3 heterocycles. The van der Waals surface area contributed by atoms with Crippen molar-refractivity contribution in [1.82, 2.24) is 25.4 Å². The van der Waals surface area contributed by atoms with Crippen LogP contribution in [0.15, 0.2) is 36.8 Å². The summed E-state index contributed by atoms with van der Waals surface area (Å²) in [6, 6.07) is 5.43. The predicted octanol–water partition coefficient (Wildman–Crippen LogP) is 1.39. The molecule has 1 unspecified atom stereocenters. The predicted molar refractivity (Wildman–Crippen MR) is 83.9 cm³/mol. The van der Waals surface area contributed by atoms with Gasteiger partial charge in [0.15, 0.2) is 0 Å². The van der Waals surface area contributed by atoms with E-state index in [0.29, 0.717) is 18.2 Å². The number of carbonyl (C=O) groups excluding carboxylic acids is 1. The van der Waals surface area contributed by atoms with E-state index in [4.69, 9.17) is 0 Å². The Bertz CT molecular complexity index is 605. The molecule has 116 valence electrons. The van der Waals surface area contributed by atoms with Crippen LogP contribution in [0.5, 0.6) is 0 Å². The van der Waals surface area contributed by atoms with Crippen LogP contribution in [0, 0.1) is 5.92 Å². The number of hydrogen-bond acceptors (Lipinski definition) is 4. The number of hydrogen-bond donors (Lipinski definition) is 2. The van der Waals surface area contributed by atoms with Gasteiger partial charge in [-0.2, -0.15) is 5.10 Å². The SMILES string of the molecule is O=C(NCCC1CCCNC1)c1cc(-n2cccn2)ccn1. The van der Waals surface area contributed by atoms with Crippen LogP contribution in [0.4, 0.5) is 0 Å². The summed E-state index contributed by atoms with van der Waals surface area (Å²) >= 11 is 0. The molecule has 1 aliphatic heterocycles. The number of rotatable bonds is 5. The molecular formula is C16H21N5O. The molecule has 0 saturated carbocycles. The van der Waals surface area contributed by atoms with Crippen molar-refractivity contribution in [3.8, 4) is 5.69 Å². The molecule has 0 aromatic carbocycles. The first-order valence-electron chi connectivity index (χ1n) is 7.78. The number of pyridine rings is 1. The molecule has 0 aliphatic carbocycles. The molecule has 22 heavy (non-hydrogen) atoms. The summed E-state index contributed by atoms with van der Waals surface area (Å²) in [5, 5.41) is 10.5. The van der Waals surface area contributed by atoms with Crippen LogP contribution in [0.2, 0.25) is 0 Å². The summed E-state index contributed by atoms with van der Waals surface area (Å²) < 4.78 is 1.71. The topological polar surface area (TPSA) is 71.8 Å². The Hall–Kier alpha value is -2.21. The van der Waals surface area contributed by atoms with Crippen molar-refractivity contribution in [3.63, 3.8) is 0 Å². The van der Waals surface area contributed by atoms with Gasteiger partial charge in [-0.25, -0.2) is 4.68 Å². The van der Waals surface area contributed by atoms with Crippen molar-refractivity contribution < 1.29 is 4.79 Å². The molecule has 0 spiro atoms. The second-order valence-corrected chi connectivity index (χ2v) is 5.61. The van der Waals surface area contributed by atoms with E-state index in [1.54, 1.807) is 23.1 Å². The molecule has 1 saturated heterocycles. The Labute approximate surface area is 129 Å². The summed E-state index contributed by atoms with van der Waals surface area (Å²) in [7, 11) is 0. The maximum atomic E-state index is 12.2. The Morgan fingerprint density at radius 2 is 2.41 bits per heavy atom. The van der Waals surface area contributed by atoms with Crippen molar-refractivity contribution in [2.24, 2.45) is 5.92 Å². The summed E-state index contributed by atoms with van der Waals surface area (Å²) in [6.45, 7) is 2.87. The third-order valence-corrected chi connectivity index (χ3v) is 3.98. The van der Waals surface area contributed by atoms with Crippen LogP contribution < -0.4 is 10.6 Å². The molecule has 0 bridgehead atoms. The quantitative estimate of drug-likeness (QED) is 0.875. The maximum Gasteiger partial charge on any atom is 0.269 e. The summed E-state index contributed by atoms with van der Waals surface area (Å²) in [5.74, 6) is 0.537. The fourth-order valence-corrected chi connectivity index (χ4v) is 2.76. The highest BCUT2D eigenvalue weighted by molar-refractivity contribution is 5.92. The van der Waals surface area contributed by atoms with Crippen LogP contribution in [-0.4, -0.2) is 40.3 Å². The van der Waals surface area contributed by atoms with E-state index in [0.717, 1.165) is 25.2 Å². The number of nitrogens with one attached hydrogen (secondary N) is 2. The fourth-order valence-electron chi connectivity index (χ4n) is 2.76. The monoisotopic (exact) mass is 299 g/mol. The lowest BCUT2D eigenvalue weighted by Gasteiger charge is -2.22. The minimum Gasteiger partial charge on any atom is -0.351 e. The van der Waals surface area contributed by atoms with Crippen molar-refractivity contribution in [2.75, 3.05) is 19.6 Å². The number of nitrogens with zero attached hydrogens (tertiary/aromatic N) is 3. The average molecular weight is 299 g/mol. The molecule has 1 atom stereocenters. The first kappa shape index (κ1) is 14.7. The highest BCUT2D eigenvalue weighted by atomic mass is 16.1. The zero-order chi connectivity index (χ0) is 15.2. The van der Waals surface area contributed by atoms with Crippen LogP contribution in [0.1, 0.15) is 29.8 Å². The van der Waals surface area contributed by atoms with Gasteiger partial charge in [-0.05, 0) is 56.5 Å². The summed E-state index contributed by atoms with van der Waals surface area (Å²) in [4.78, 5) is 16.3. The summed E-state index contributed by atoms with van der Waals surface area (Å²) in [5.41, 5.74) is 1.26. The van der Waals surface area contributed by atoms with Gasteiger partial charge in [0.25, 0.3) is 5.91 Å². The molecule has 6 nitrogen and oxygen atoms in total. The minimum absolute atomic E-state index is 0.127. The molecule has 0 radical (unpaired) electrons. The van der Waals surface area contributed by atoms with E-state index in [2.05, 4.69) is 20.7 Å². The lowest BCUT2D eigenvalue weighted by atomic mass is 9.96. The van der Waals surface area contributed by atoms with Crippen molar-refractivity contribution in [3.05, 3.63) is 42.5 Å². The molecular weight excluding hydrogens is 278 g/mol. The van der Waals surface area contributed by atoms with Gasteiger partial charge in [-0.15, -0.1) is 0 Å². The molecule has 1 amide bonds. The third-order valence-electron chi connectivity index (χ3n) is 3.98. The first-order valence-corrected chi connectivity index (χ1v) is 7.78. The normalized spacial score (nSPS) is 18.1. The van der Waals surface area contributed by atoms with Crippen molar-refractivity contribution in [2.45, 2.75) is 19.3 Å². The van der Waals surface area contributed by atoms with Crippen molar-refractivity contribution >= 4 is 5.91 Å². The van der Waals surface area contributed by atoms with Gasteiger partial charge in [-0.3, -0.25) is 9.78 Å². The van der Waals surface area contributed by atoms with E-state index >= 15 is 0 Å². The Morgan fingerprint density at radius 3 is 3.18 bits per heavy atom. The molecule has 2 aromatic rings. The average Bonchev–Trinajstić information content (AvgIpc) is 3.10. The van der Waals surface area contributed by atoms with Gasteiger partial charge < -0.3 is 10.6 Å². The van der Waals surface area contributed by atoms with Crippen molar-refractivity contribution in [1.29, 1.82) is 0 Å². The number of piperidine rings is 1. The number of amides is 1. The highest BCUT2D eigenvalue weighted by Crippen LogP contribution is 2.13. The Morgan fingerprint density at radius 1 is 1.45 bits per heavy atom. The minimum atomic E-state index is -0.127. The van der Waals surface area contributed by atoms with E-state index in [-0.39, 0.29) is 5.91 Å². The second-order valence-electron chi connectivity index (χ2n) is 5.61. The molecule has 1 fully saturated rings.